The molecule has 5 atom stereocenters. The SMILES string of the molecule is COC1=C(C(=O)O)[C@H](C)[C@@]23O[C@]24c2cc(O)c5c(c2N[C@H]3C#C/C=C\C#CC14)C(=O)c1c(O)ccc(O)c1C5=O. The van der Waals surface area contributed by atoms with Crippen molar-refractivity contribution in [1.29, 1.82) is 0 Å². The van der Waals surface area contributed by atoms with E-state index >= 15 is 0 Å². The van der Waals surface area contributed by atoms with Crippen LogP contribution in [0.3, 0.4) is 0 Å². The van der Waals surface area contributed by atoms with Crippen LogP contribution in [-0.2, 0) is 19.9 Å². The number of carboxylic acids is 1. The number of ketones is 2. The van der Waals surface area contributed by atoms with Crippen molar-refractivity contribution in [2.24, 2.45) is 11.8 Å². The molecule has 0 aromatic heterocycles. The molecule has 4 bridgehead atoms. The van der Waals surface area contributed by atoms with E-state index in [9.17, 15) is 34.8 Å². The van der Waals surface area contributed by atoms with E-state index in [1.165, 1.54) is 25.3 Å². The van der Waals surface area contributed by atoms with Gasteiger partial charge < -0.3 is 35.2 Å². The zero-order chi connectivity index (χ0) is 28.3. The number of hydrogen-bond acceptors (Lipinski definition) is 9. The smallest absolute Gasteiger partial charge is 0.335 e. The van der Waals surface area contributed by atoms with Gasteiger partial charge in [-0.1, -0.05) is 30.6 Å². The Bertz CT molecular complexity index is 1850. The van der Waals surface area contributed by atoms with E-state index in [0.717, 1.165) is 12.1 Å². The number of carbonyl (C=O) groups is 3. The summed E-state index contributed by atoms with van der Waals surface area (Å²) in [6, 6.07) is 2.60. The van der Waals surface area contributed by atoms with Gasteiger partial charge >= 0.3 is 5.97 Å². The Morgan fingerprint density at radius 3 is 2.20 bits per heavy atom. The molecule has 10 heteroatoms. The molecule has 10 nitrogen and oxygen atoms in total. The monoisotopic (exact) mass is 537 g/mol. The summed E-state index contributed by atoms with van der Waals surface area (Å²) < 4.78 is 12.2. The summed E-state index contributed by atoms with van der Waals surface area (Å²) in [6.45, 7) is 1.68. The summed E-state index contributed by atoms with van der Waals surface area (Å²) in [4.78, 5) is 40.0. The number of epoxide rings is 1. The number of benzene rings is 2. The molecule has 5 N–H and O–H groups in total. The second-order valence-corrected chi connectivity index (χ2v) is 10.1. The molecule has 0 amide bonds. The minimum absolute atomic E-state index is 0.0284. The molecule has 5 aliphatic rings. The van der Waals surface area contributed by atoms with Crippen molar-refractivity contribution in [2.75, 3.05) is 12.4 Å². The average Bonchev–Trinajstić information content (AvgIpc) is 3.64. The van der Waals surface area contributed by atoms with Crippen molar-refractivity contribution in [3.8, 4) is 40.9 Å². The first-order chi connectivity index (χ1) is 19.1. The number of ether oxygens (including phenoxy) is 2. The van der Waals surface area contributed by atoms with Gasteiger partial charge in [-0.25, -0.2) is 4.79 Å². The van der Waals surface area contributed by atoms with Gasteiger partial charge in [-0.2, -0.15) is 0 Å². The largest absolute Gasteiger partial charge is 0.507 e. The van der Waals surface area contributed by atoms with Crippen molar-refractivity contribution < 1.29 is 44.3 Å². The van der Waals surface area contributed by atoms with E-state index in [1.54, 1.807) is 6.92 Å². The topological polar surface area (TPSA) is 166 Å². The molecule has 1 saturated heterocycles. The quantitative estimate of drug-likeness (QED) is 0.186. The number of rotatable bonds is 2. The molecule has 7 rings (SSSR count). The predicted octanol–water partition coefficient (Wildman–Crippen LogP) is 2.16. The van der Waals surface area contributed by atoms with Crippen LogP contribution >= 0.6 is 0 Å². The van der Waals surface area contributed by atoms with Gasteiger partial charge in [0.05, 0.1) is 40.6 Å². The van der Waals surface area contributed by atoms with E-state index in [-0.39, 0.29) is 33.7 Å². The third-order valence-corrected chi connectivity index (χ3v) is 8.53. The Hall–Kier alpha value is -5.19. The Kier molecular flexibility index (Phi) is 4.46. The Labute approximate surface area is 226 Å². The number of anilines is 1. The zero-order valence-corrected chi connectivity index (χ0v) is 20.9. The average molecular weight is 537 g/mol. The first-order valence-electron chi connectivity index (χ1n) is 12.3. The van der Waals surface area contributed by atoms with Crippen molar-refractivity contribution in [1.82, 2.24) is 0 Å². The highest BCUT2D eigenvalue weighted by Crippen LogP contribution is 2.74. The fourth-order valence-corrected chi connectivity index (χ4v) is 6.93. The van der Waals surface area contributed by atoms with Crippen molar-refractivity contribution in [2.45, 2.75) is 24.2 Å². The number of methoxy groups -OCH3 is 1. The number of fused-ring (bicyclic) bond motifs is 4. The molecule has 0 spiro atoms. The number of carbonyl (C=O) groups excluding carboxylic acids is 2. The Morgan fingerprint density at radius 1 is 0.975 bits per heavy atom. The molecule has 0 saturated carbocycles. The number of phenols is 3. The van der Waals surface area contributed by atoms with Gasteiger partial charge in [0, 0.05) is 11.5 Å². The maximum Gasteiger partial charge on any atom is 0.335 e. The second kappa shape index (κ2) is 7.47. The van der Waals surface area contributed by atoms with Crippen LogP contribution < -0.4 is 5.32 Å². The first-order valence-corrected chi connectivity index (χ1v) is 12.3. The van der Waals surface area contributed by atoms with Gasteiger partial charge in [-0.15, -0.1) is 0 Å². The van der Waals surface area contributed by atoms with Gasteiger partial charge in [0.1, 0.15) is 46.2 Å². The molecule has 2 aliphatic heterocycles. The number of aliphatic carboxylic acids is 1. The predicted molar refractivity (Wildman–Crippen MR) is 137 cm³/mol. The highest BCUT2D eigenvalue weighted by Gasteiger charge is 2.85. The van der Waals surface area contributed by atoms with Crippen LogP contribution in [0.15, 0.2) is 41.7 Å². The lowest BCUT2D eigenvalue weighted by Crippen LogP contribution is -2.55. The zero-order valence-electron chi connectivity index (χ0n) is 20.9. The van der Waals surface area contributed by atoms with Crippen LogP contribution in [0.4, 0.5) is 5.69 Å². The Morgan fingerprint density at radius 2 is 1.57 bits per heavy atom. The summed E-state index contributed by atoms with van der Waals surface area (Å²) in [5.41, 5.74) is -3.72. The molecule has 3 aliphatic carbocycles. The Balaban J connectivity index is 1.59. The third-order valence-electron chi connectivity index (χ3n) is 8.53. The molecule has 2 heterocycles. The minimum Gasteiger partial charge on any atom is -0.507 e. The van der Waals surface area contributed by atoms with E-state index in [1.807, 2.05) is 0 Å². The van der Waals surface area contributed by atoms with Crippen molar-refractivity contribution in [3.05, 3.63) is 69.5 Å². The molecule has 2 aromatic carbocycles. The van der Waals surface area contributed by atoms with E-state index in [2.05, 4.69) is 29.0 Å². The molecular weight excluding hydrogens is 518 g/mol. The number of allylic oxidation sites excluding steroid dienone is 2. The van der Waals surface area contributed by atoms with Gasteiger partial charge in [0.2, 0.25) is 11.6 Å². The number of aromatic hydroxyl groups is 3. The van der Waals surface area contributed by atoms with Gasteiger partial charge in [0.25, 0.3) is 0 Å². The fraction of sp³-hybridized carbons (Fsp3) is 0.233. The highest BCUT2D eigenvalue weighted by atomic mass is 16.6. The van der Waals surface area contributed by atoms with Gasteiger partial charge in [0.15, 0.2) is 0 Å². The molecule has 198 valence electrons. The number of carboxylic acid groups (broad SMARTS) is 1. The molecule has 2 aromatic rings. The minimum atomic E-state index is -1.41. The lowest BCUT2D eigenvalue weighted by Gasteiger charge is -2.43. The standard InChI is InChI=1S/C30H19NO9/c1-12-19(28(37)38)27(39-2)13-7-5-3-4-6-8-18-29(12)30(13,40-29)14-11-17(34)22-23(24(14)31-18)26(36)21-16(33)10-9-15(32)20(21)25(22)35/h3-4,9-13,18,31-34H,1-2H3,(H,37,38)/b4-3-/t12-,13?,18-,29-,30+/m0/s1. The van der Waals surface area contributed by atoms with Crippen LogP contribution in [0.25, 0.3) is 0 Å². The van der Waals surface area contributed by atoms with Crippen LogP contribution in [0.2, 0.25) is 0 Å². The fourth-order valence-electron chi connectivity index (χ4n) is 6.93. The maximum atomic E-state index is 13.9. The summed E-state index contributed by atoms with van der Waals surface area (Å²) in [7, 11) is 1.34. The summed E-state index contributed by atoms with van der Waals surface area (Å²) in [6.07, 6.45) is 3.04. The number of hydrogen-bond donors (Lipinski definition) is 5. The third kappa shape index (κ3) is 2.48. The molecule has 1 unspecified atom stereocenters. The maximum absolute atomic E-state index is 13.9. The van der Waals surface area contributed by atoms with E-state index in [4.69, 9.17) is 9.47 Å². The molecule has 0 radical (unpaired) electrons. The number of phenolic OH excluding ortho intramolecular Hbond substituents is 3. The molecular formula is C30H19NO9. The van der Waals surface area contributed by atoms with Crippen molar-refractivity contribution >= 4 is 23.2 Å². The van der Waals surface area contributed by atoms with E-state index in [0.29, 0.717) is 0 Å². The first kappa shape index (κ1) is 23.9. The van der Waals surface area contributed by atoms with Crippen LogP contribution in [0.1, 0.15) is 44.3 Å². The lowest BCUT2D eigenvalue weighted by atomic mass is 9.59. The molecule has 1 fully saturated rings. The van der Waals surface area contributed by atoms with Crippen LogP contribution in [0.5, 0.6) is 17.2 Å². The van der Waals surface area contributed by atoms with Gasteiger partial charge in [-0.3, -0.25) is 9.59 Å². The molecule has 40 heavy (non-hydrogen) atoms. The summed E-state index contributed by atoms with van der Waals surface area (Å²) in [5, 5.41) is 45.5. The van der Waals surface area contributed by atoms with Gasteiger partial charge in [-0.05, 0) is 30.4 Å². The normalized spacial score (nSPS) is 30.5. The lowest BCUT2D eigenvalue weighted by molar-refractivity contribution is -0.134. The summed E-state index contributed by atoms with van der Waals surface area (Å²) >= 11 is 0. The number of nitrogens with one attached hydrogen (secondary N) is 1. The second-order valence-electron chi connectivity index (χ2n) is 10.1. The van der Waals surface area contributed by atoms with Crippen molar-refractivity contribution in [3.63, 3.8) is 0 Å². The van der Waals surface area contributed by atoms with Crippen LogP contribution in [0, 0.1) is 35.5 Å². The highest BCUT2D eigenvalue weighted by molar-refractivity contribution is 6.33. The van der Waals surface area contributed by atoms with E-state index < -0.39 is 75.0 Å². The van der Waals surface area contributed by atoms with Crippen LogP contribution in [-0.4, -0.2) is 56.7 Å². The summed E-state index contributed by atoms with van der Waals surface area (Å²) in [5.74, 6) is 5.71.